The van der Waals surface area contributed by atoms with E-state index in [-0.39, 0.29) is 5.78 Å². The van der Waals surface area contributed by atoms with Crippen molar-refractivity contribution in [3.05, 3.63) is 51.2 Å². The van der Waals surface area contributed by atoms with Gasteiger partial charge in [-0.2, -0.15) is 0 Å². The summed E-state index contributed by atoms with van der Waals surface area (Å²) in [5.74, 6) is 0.805. The van der Waals surface area contributed by atoms with Crippen LogP contribution in [0, 0.1) is 0 Å². The Labute approximate surface area is 131 Å². The van der Waals surface area contributed by atoms with Gasteiger partial charge in [0.15, 0.2) is 5.78 Å². The molecule has 0 atom stereocenters. The Balaban J connectivity index is 2.22. The van der Waals surface area contributed by atoms with E-state index < -0.39 is 0 Å². The lowest BCUT2D eigenvalue weighted by Crippen LogP contribution is -1.99. The summed E-state index contributed by atoms with van der Waals surface area (Å²) in [6.45, 7) is 1.78. The lowest BCUT2D eigenvalue weighted by Gasteiger charge is -2.09. The summed E-state index contributed by atoms with van der Waals surface area (Å²) < 4.78 is 5.56. The van der Waals surface area contributed by atoms with E-state index in [1.807, 2.05) is 0 Å². The summed E-state index contributed by atoms with van der Waals surface area (Å²) in [4.78, 5) is 15.5. The van der Waals surface area contributed by atoms with Gasteiger partial charge in [-0.15, -0.1) is 0 Å². The summed E-state index contributed by atoms with van der Waals surface area (Å²) in [5.41, 5.74) is 0.403. The summed E-state index contributed by atoms with van der Waals surface area (Å²) in [6, 6.07) is 6.28. The molecule has 1 aromatic heterocycles. The van der Waals surface area contributed by atoms with Crippen molar-refractivity contribution in [2.45, 2.75) is 13.3 Å². The van der Waals surface area contributed by atoms with E-state index in [4.69, 9.17) is 39.5 Å². The normalized spacial score (nSPS) is 10.4. The Kier molecular flexibility index (Phi) is 4.86. The molecule has 1 heterocycles. The Morgan fingerprint density at radius 1 is 1.15 bits per heavy atom. The fraction of sp³-hybridized carbons (Fsp3) is 0.143. The summed E-state index contributed by atoms with van der Waals surface area (Å²) in [6.07, 6.45) is 1.87. The number of carbonyl (C=O) groups excluding carboxylic acids is 1. The predicted molar refractivity (Wildman–Crippen MR) is 80.4 cm³/mol. The van der Waals surface area contributed by atoms with E-state index in [0.29, 0.717) is 38.7 Å². The first kappa shape index (κ1) is 15.1. The highest BCUT2D eigenvalue weighted by molar-refractivity contribution is 6.43. The SMILES string of the molecule is CCC(=O)c1ccc(Oc2cc(Cl)c(Cl)cc2Cl)cn1. The first-order chi connectivity index (χ1) is 9.51. The molecule has 2 aromatic rings. The number of benzene rings is 1. The molecule has 0 N–H and O–H groups in total. The number of pyridine rings is 1. The largest absolute Gasteiger partial charge is 0.454 e. The zero-order valence-corrected chi connectivity index (χ0v) is 12.8. The monoisotopic (exact) mass is 329 g/mol. The quantitative estimate of drug-likeness (QED) is 0.554. The smallest absolute Gasteiger partial charge is 0.180 e. The molecular formula is C14H10Cl3NO2. The molecule has 20 heavy (non-hydrogen) atoms. The van der Waals surface area contributed by atoms with E-state index in [0.717, 1.165) is 0 Å². The molecule has 0 fully saturated rings. The van der Waals surface area contributed by atoms with Crippen molar-refractivity contribution < 1.29 is 9.53 Å². The molecule has 0 aliphatic heterocycles. The number of nitrogens with zero attached hydrogens (tertiary/aromatic N) is 1. The minimum absolute atomic E-state index is 0.0240. The number of aromatic nitrogens is 1. The third-order valence-electron chi connectivity index (χ3n) is 2.55. The van der Waals surface area contributed by atoms with Gasteiger partial charge in [-0.3, -0.25) is 4.79 Å². The van der Waals surface area contributed by atoms with Crippen molar-refractivity contribution >= 4 is 40.6 Å². The van der Waals surface area contributed by atoms with Gasteiger partial charge in [-0.05, 0) is 18.2 Å². The average molecular weight is 331 g/mol. The maximum Gasteiger partial charge on any atom is 0.180 e. The zero-order chi connectivity index (χ0) is 14.7. The summed E-state index contributed by atoms with van der Waals surface area (Å²) >= 11 is 17.8. The van der Waals surface area contributed by atoms with Crippen molar-refractivity contribution in [2.24, 2.45) is 0 Å². The van der Waals surface area contributed by atoms with Crippen molar-refractivity contribution in [1.82, 2.24) is 4.98 Å². The Hall–Kier alpha value is -1.29. The van der Waals surface area contributed by atoms with Gasteiger partial charge in [0.25, 0.3) is 0 Å². The fourth-order valence-corrected chi connectivity index (χ4v) is 2.07. The van der Waals surface area contributed by atoms with E-state index >= 15 is 0 Å². The third-order valence-corrected chi connectivity index (χ3v) is 3.56. The topological polar surface area (TPSA) is 39.2 Å². The second-order valence-electron chi connectivity index (χ2n) is 3.95. The molecule has 3 nitrogen and oxygen atoms in total. The number of ether oxygens (including phenoxy) is 1. The summed E-state index contributed by atoms with van der Waals surface area (Å²) in [5, 5.41) is 1.04. The van der Waals surface area contributed by atoms with Crippen molar-refractivity contribution in [3.63, 3.8) is 0 Å². The molecule has 0 unspecified atom stereocenters. The maximum atomic E-state index is 11.5. The maximum absolute atomic E-state index is 11.5. The van der Waals surface area contributed by atoms with Gasteiger partial charge in [0.1, 0.15) is 17.2 Å². The van der Waals surface area contributed by atoms with Gasteiger partial charge in [0.2, 0.25) is 0 Å². The van der Waals surface area contributed by atoms with Crippen molar-refractivity contribution in [3.8, 4) is 11.5 Å². The van der Waals surface area contributed by atoms with Crippen LogP contribution >= 0.6 is 34.8 Å². The van der Waals surface area contributed by atoms with Gasteiger partial charge < -0.3 is 4.74 Å². The van der Waals surface area contributed by atoms with Crippen LogP contribution in [0.3, 0.4) is 0 Å². The molecular weight excluding hydrogens is 321 g/mol. The van der Waals surface area contributed by atoms with Crippen LogP contribution in [0.1, 0.15) is 23.8 Å². The highest BCUT2D eigenvalue weighted by Gasteiger charge is 2.09. The van der Waals surface area contributed by atoms with E-state index in [2.05, 4.69) is 4.98 Å². The predicted octanol–water partition coefficient (Wildman–Crippen LogP) is 5.43. The first-order valence-electron chi connectivity index (χ1n) is 5.83. The lowest BCUT2D eigenvalue weighted by atomic mass is 10.2. The van der Waals surface area contributed by atoms with Crippen LogP contribution in [0.5, 0.6) is 11.5 Å². The molecule has 2 rings (SSSR count). The van der Waals surface area contributed by atoms with Crippen LogP contribution in [0.2, 0.25) is 15.1 Å². The number of hydrogen-bond donors (Lipinski definition) is 0. The second kappa shape index (κ2) is 6.44. The van der Waals surface area contributed by atoms with Gasteiger partial charge in [0.05, 0.1) is 21.3 Å². The molecule has 0 spiro atoms. The lowest BCUT2D eigenvalue weighted by molar-refractivity contribution is 0.0983. The van der Waals surface area contributed by atoms with Gasteiger partial charge in [-0.1, -0.05) is 41.7 Å². The van der Waals surface area contributed by atoms with Crippen LogP contribution < -0.4 is 4.74 Å². The molecule has 0 bridgehead atoms. The van der Waals surface area contributed by atoms with Crippen LogP contribution in [-0.2, 0) is 0 Å². The van der Waals surface area contributed by atoms with Gasteiger partial charge >= 0.3 is 0 Å². The van der Waals surface area contributed by atoms with Crippen LogP contribution in [0.4, 0.5) is 0 Å². The van der Waals surface area contributed by atoms with Crippen molar-refractivity contribution in [2.75, 3.05) is 0 Å². The van der Waals surface area contributed by atoms with Gasteiger partial charge in [0, 0.05) is 12.5 Å². The average Bonchev–Trinajstić information content (AvgIpc) is 2.44. The molecule has 0 amide bonds. The van der Waals surface area contributed by atoms with E-state index in [1.54, 1.807) is 19.1 Å². The van der Waals surface area contributed by atoms with E-state index in [9.17, 15) is 4.79 Å². The molecule has 0 saturated heterocycles. The highest BCUT2D eigenvalue weighted by atomic mass is 35.5. The van der Waals surface area contributed by atoms with Crippen molar-refractivity contribution in [1.29, 1.82) is 0 Å². The minimum atomic E-state index is -0.0240. The molecule has 6 heteroatoms. The number of hydrogen-bond acceptors (Lipinski definition) is 3. The number of carbonyl (C=O) groups is 1. The number of ketones is 1. The summed E-state index contributed by atoms with van der Waals surface area (Å²) in [7, 11) is 0. The second-order valence-corrected chi connectivity index (χ2v) is 5.18. The third kappa shape index (κ3) is 3.42. The van der Waals surface area contributed by atoms with E-state index in [1.165, 1.54) is 18.3 Å². The molecule has 0 saturated carbocycles. The Bertz CT molecular complexity index is 642. The number of rotatable bonds is 4. The highest BCUT2D eigenvalue weighted by Crippen LogP contribution is 2.36. The first-order valence-corrected chi connectivity index (χ1v) is 6.96. The Morgan fingerprint density at radius 3 is 2.45 bits per heavy atom. The number of halogens is 3. The minimum Gasteiger partial charge on any atom is -0.454 e. The molecule has 0 aliphatic carbocycles. The zero-order valence-electron chi connectivity index (χ0n) is 10.5. The molecule has 0 aliphatic rings. The van der Waals surface area contributed by atoms with Gasteiger partial charge in [-0.25, -0.2) is 4.98 Å². The molecule has 1 aromatic carbocycles. The van der Waals surface area contributed by atoms with Crippen LogP contribution in [-0.4, -0.2) is 10.8 Å². The molecule has 0 radical (unpaired) electrons. The van der Waals surface area contributed by atoms with Crippen LogP contribution in [0.25, 0.3) is 0 Å². The van der Waals surface area contributed by atoms with Crippen LogP contribution in [0.15, 0.2) is 30.5 Å². The fourth-order valence-electron chi connectivity index (χ4n) is 1.50. The molecule has 104 valence electrons. The number of Topliss-reactive ketones (excluding diaryl/α,β-unsaturated/α-hetero) is 1. The Morgan fingerprint density at radius 2 is 1.85 bits per heavy atom. The standard InChI is InChI=1S/C14H10Cl3NO2/c1-2-13(19)12-4-3-8(7-18-12)20-14-6-10(16)9(15)5-11(14)17/h3-7H,2H2,1H3.